The average molecular weight is 391 g/mol. The van der Waals surface area contributed by atoms with E-state index in [1.54, 1.807) is 0 Å². The van der Waals surface area contributed by atoms with Gasteiger partial charge in [0.1, 0.15) is 13.0 Å². The number of esters is 2. The standard InChI is InChI=1S/C24H38O4/c1-18(12-13-21-20(3)11-8-15-24(21,4)5)9-7-10-19(2)14-16-28-23(26)17-22(25)27-6/h9,14,21H,3,7-8,10-13,15-17H2,1-2,4-6H3. The molecule has 0 aliphatic heterocycles. The molecule has 0 heterocycles. The molecule has 0 aromatic rings. The summed E-state index contributed by atoms with van der Waals surface area (Å²) in [4.78, 5) is 22.4. The number of hydrogen-bond donors (Lipinski definition) is 0. The molecule has 4 nitrogen and oxygen atoms in total. The zero-order valence-corrected chi connectivity index (χ0v) is 18.4. The Balaban J connectivity index is 2.32. The van der Waals surface area contributed by atoms with Crippen LogP contribution >= 0.6 is 0 Å². The van der Waals surface area contributed by atoms with Crippen molar-refractivity contribution in [3.8, 4) is 0 Å². The molecule has 1 saturated carbocycles. The van der Waals surface area contributed by atoms with Crippen molar-refractivity contribution in [1.29, 1.82) is 0 Å². The molecule has 0 radical (unpaired) electrons. The third kappa shape index (κ3) is 8.90. The maximum absolute atomic E-state index is 11.4. The van der Waals surface area contributed by atoms with Gasteiger partial charge >= 0.3 is 11.9 Å². The van der Waals surface area contributed by atoms with Crippen molar-refractivity contribution in [3.05, 3.63) is 35.5 Å². The van der Waals surface area contributed by atoms with E-state index in [0.717, 1.165) is 19.3 Å². The Morgan fingerprint density at radius 2 is 1.82 bits per heavy atom. The number of methoxy groups -OCH3 is 1. The van der Waals surface area contributed by atoms with E-state index in [9.17, 15) is 9.59 Å². The lowest BCUT2D eigenvalue weighted by molar-refractivity contribution is -0.152. The lowest BCUT2D eigenvalue weighted by Crippen LogP contribution is -2.29. The molecule has 1 fully saturated rings. The summed E-state index contributed by atoms with van der Waals surface area (Å²) >= 11 is 0. The average Bonchev–Trinajstić information content (AvgIpc) is 2.60. The molecule has 1 aliphatic carbocycles. The SMILES string of the molecule is C=C1CCCC(C)(C)C1CCC(C)=CCCC(C)=CCOC(=O)CC(=O)OC. The van der Waals surface area contributed by atoms with Crippen LogP contribution in [0.2, 0.25) is 0 Å². The molecule has 0 bridgehead atoms. The Labute approximate surface area is 171 Å². The molecule has 0 aromatic heterocycles. The first-order valence-corrected chi connectivity index (χ1v) is 10.4. The predicted molar refractivity (Wildman–Crippen MR) is 114 cm³/mol. The highest BCUT2D eigenvalue weighted by Gasteiger charge is 2.33. The predicted octanol–water partition coefficient (Wildman–Crippen LogP) is 5.93. The molecule has 1 atom stereocenters. The second-order valence-corrected chi connectivity index (χ2v) is 8.67. The Kier molecular flexibility index (Phi) is 10.3. The van der Waals surface area contributed by atoms with Gasteiger partial charge in [0, 0.05) is 0 Å². The van der Waals surface area contributed by atoms with Crippen molar-refractivity contribution in [2.75, 3.05) is 13.7 Å². The molecule has 1 rings (SSSR count). The second kappa shape index (κ2) is 11.9. The highest BCUT2D eigenvalue weighted by atomic mass is 16.5. The molecule has 0 aromatic carbocycles. The van der Waals surface area contributed by atoms with Crippen LogP contribution in [-0.2, 0) is 19.1 Å². The van der Waals surface area contributed by atoms with E-state index >= 15 is 0 Å². The van der Waals surface area contributed by atoms with Gasteiger partial charge in [-0.1, -0.05) is 43.2 Å². The van der Waals surface area contributed by atoms with Gasteiger partial charge in [0.05, 0.1) is 7.11 Å². The molecule has 158 valence electrons. The Bertz CT molecular complexity index is 610. The van der Waals surface area contributed by atoms with Crippen LogP contribution in [0.4, 0.5) is 0 Å². The summed E-state index contributed by atoms with van der Waals surface area (Å²) in [6, 6.07) is 0. The number of hydrogen-bond acceptors (Lipinski definition) is 4. The van der Waals surface area contributed by atoms with Gasteiger partial charge in [-0.2, -0.15) is 0 Å². The third-order valence-corrected chi connectivity index (χ3v) is 5.81. The van der Waals surface area contributed by atoms with Crippen LogP contribution in [0.1, 0.15) is 79.1 Å². The van der Waals surface area contributed by atoms with E-state index in [1.807, 2.05) is 13.0 Å². The van der Waals surface area contributed by atoms with Crippen molar-refractivity contribution in [2.24, 2.45) is 11.3 Å². The first-order valence-electron chi connectivity index (χ1n) is 10.4. The fourth-order valence-electron chi connectivity index (χ4n) is 3.91. The first kappa shape index (κ1) is 24.2. The van der Waals surface area contributed by atoms with Crippen molar-refractivity contribution in [3.63, 3.8) is 0 Å². The van der Waals surface area contributed by atoms with Crippen LogP contribution < -0.4 is 0 Å². The van der Waals surface area contributed by atoms with Crippen LogP contribution in [0.3, 0.4) is 0 Å². The molecule has 0 saturated heterocycles. The minimum Gasteiger partial charge on any atom is -0.469 e. The maximum atomic E-state index is 11.4. The monoisotopic (exact) mass is 390 g/mol. The van der Waals surface area contributed by atoms with E-state index in [-0.39, 0.29) is 13.0 Å². The number of carbonyl (C=O) groups is 2. The van der Waals surface area contributed by atoms with Crippen LogP contribution in [0.25, 0.3) is 0 Å². The van der Waals surface area contributed by atoms with Crippen molar-refractivity contribution in [1.82, 2.24) is 0 Å². The fraction of sp³-hybridized carbons (Fsp3) is 0.667. The largest absolute Gasteiger partial charge is 0.469 e. The van der Waals surface area contributed by atoms with E-state index in [2.05, 4.69) is 38.2 Å². The van der Waals surface area contributed by atoms with Gasteiger partial charge in [-0.25, -0.2) is 0 Å². The summed E-state index contributed by atoms with van der Waals surface area (Å²) in [5, 5.41) is 0. The van der Waals surface area contributed by atoms with E-state index in [0.29, 0.717) is 11.3 Å². The summed E-state index contributed by atoms with van der Waals surface area (Å²) in [5.41, 5.74) is 4.42. The molecule has 0 spiro atoms. The number of carbonyl (C=O) groups excluding carboxylic acids is 2. The minimum atomic E-state index is -0.577. The second-order valence-electron chi connectivity index (χ2n) is 8.67. The fourth-order valence-corrected chi connectivity index (χ4v) is 3.91. The van der Waals surface area contributed by atoms with E-state index < -0.39 is 11.9 Å². The van der Waals surface area contributed by atoms with Gasteiger partial charge in [0.2, 0.25) is 0 Å². The van der Waals surface area contributed by atoms with E-state index in [4.69, 9.17) is 4.74 Å². The molecule has 4 heteroatoms. The van der Waals surface area contributed by atoms with Gasteiger partial charge in [-0.05, 0) is 76.2 Å². The summed E-state index contributed by atoms with van der Waals surface area (Å²) in [6.07, 6.45) is 11.9. The highest BCUT2D eigenvalue weighted by Crippen LogP contribution is 2.45. The Morgan fingerprint density at radius 1 is 1.14 bits per heavy atom. The summed E-state index contributed by atoms with van der Waals surface area (Å²) < 4.78 is 9.44. The summed E-state index contributed by atoms with van der Waals surface area (Å²) in [6.45, 7) is 13.5. The van der Waals surface area contributed by atoms with Crippen LogP contribution in [0.15, 0.2) is 35.5 Å². The van der Waals surface area contributed by atoms with Crippen molar-refractivity contribution < 1.29 is 19.1 Å². The zero-order chi connectivity index (χ0) is 21.2. The van der Waals surface area contributed by atoms with Gasteiger partial charge in [0.15, 0.2) is 0 Å². The van der Waals surface area contributed by atoms with Crippen molar-refractivity contribution >= 4 is 11.9 Å². The topological polar surface area (TPSA) is 52.6 Å². The van der Waals surface area contributed by atoms with Gasteiger partial charge in [-0.15, -0.1) is 0 Å². The van der Waals surface area contributed by atoms with Crippen LogP contribution in [-0.4, -0.2) is 25.7 Å². The van der Waals surface area contributed by atoms with Crippen LogP contribution in [0, 0.1) is 11.3 Å². The molecule has 0 N–H and O–H groups in total. The lowest BCUT2D eigenvalue weighted by Gasteiger charge is -2.40. The summed E-state index contributed by atoms with van der Waals surface area (Å²) in [7, 11) is 1.25. The molecule has 1 unspecified atom stereocenters. The molecule has 28 heavy (non-hydrogen) atoms. The first-order chi connectivity index (χ1) is 13.2. The zero-order valence-electron chi connectivity index (χ0n) is 18.4. The Morgan fingerprint density at radius 3 is 2.46 bits per heavy atom. The van der Waals surface area contributed by atoms with Gasteiger partial charge in [-0.3, -0.25) is 9.59 Å². The molecular weight excluding hydrogens is 352 g/mol. The van der Waals surface area contributed by atoms with Crippen LogP contribution in [0.5, 0.6) is 0 Å². The van der Waals surface area contributed by atoms with Crippen molar-refractivity contribution in [2.45, 2.75) is 79.1 Å². The Hall–Kier alpha value is -1.84. The highest BCUT2D eigenvalue weighted by molar-refractivity contribution is 5.91. The molecule has 0 amide bonds. The normalized spacial score (nSPS) is 20.0. The lowest BCUT2D eigenvalue weighted by atomic mass is 9.65. The summed E-state index contributed by atoms with van der Waals surface area (Å²) in [5.74, 6) is -0.503. The smallest absolute Gasteiger partial charge is 0.317 e. The number of ether oxygens (including phenoxy) is 2. The minimum absolute atomic E-state index is 0.198. The quantitative estimate of drug-likeness (QED) is 0.264. The van der Waals surface area contributed by atoms with Gasteiger partial charge < -0.3 is 9.47 Å². The maximum Gasteiger partial charge on any atom is 0.317 e. The molecular formula is C24H38O4. The molecule has 1 aliphatic rings. The number of rotatable bonds is 10. The van der Waals surface area contributed by atoms with E-state index in [1.165, 1.54) is 49.5 Å². The van der Waals surface area contributed by atoms with Gasteiger partial charge in [0.25, 0.3) is 0 Å². The number of allylic oxidation sites excluding steroid dienone is 4. The third-order valence-electron chi connectivity index (χ3n) is 5.81.